The molecule has 2 aromatic rings. The van der Waals surface area contributed by atoms with Gasteiger partial charge in [0.1, 0.15) is 11.6 Å². The van der Waals surface area contributed by atoms with E-state index in [-0.39, 0.29) is 17.3 Å². The fraction of sp³-hybridized carbons (Fsp3) is 0.524. The van der Waals surface area contributed by atoms with Gasteiger partial charge in [-0.05, 0) is 57.4 Å². The third-order valence-corrected chi connectivity index (χ3v) is 5.84. The number of benzene rings is 1. The molecule has 0 unspecified atom stereocenters. The van der Waals surface area contributed by atoms with E-state index in [4.69, 9.17) is 5.73 Å². The summed E-state index contributed by atoms with van der Waals surface area (Å²) in [7, 11) is 0. The van der Waals surface area contributed by atoms with Crippen LogP contribution in [0.25, 0.3) is 0 Å². The lowest BCUT2D eigenvalue weighted by Gasteiger charge is -2.44. The van der Waals surface area contributed by atoms with Crippen LogP contribution in [-0.2, 0) is 13.0 Å². The lowest BCUT2D eigenvalue weighted by atomic mass is 9.85. The van der Waals surface area contributed by atoms with Crippen LogP contribution in [0.3, 0.4) is 0 Å². The Bertz CT molecular complexity index is 943. The third kappa shape index (κ3) is 2.98. The number of nitrogens with two attached hydrogens (primary N) is 1. The number of anilines is 2. The van der Waals surface area contributed by atoms with Gasteiger partial charge in [-0.1, -0.05) is 0 Å². The predicted octanol–water partition coefficient (Wildman–Crippen LogP) is 2.99. The first kappa shape index (κ1) is 18.9. The van der Waals surface area contributed by atoms with Crippen molar-refractivity contribution >= 4 is 17.4 Å². The zero-order valence-electron chi connectivity index (χ0n) is 17.0. The van der Waals surface area contributed by atoms with Gasteiger partial charge in [-0.15, -0.1) is 0 Å². The largest absolute Gasteiger partial charge is 0.383 e. The molecule has 0 bridgehead atoms. The van der Waals surface area contributed by atoms with Crippen LogP contribution in [-0.4, -0.2) is 34.3 Å². The number of aromatic nitrogens is 2. The second kappa shape index (κ2) is 6.58. The number of hydrogen-bond donors (Lipinski definition) is 2. The molecule has 150 valence electrons. The van der Waals surface area contributed by atoms with E-state index in [1.165, 1.54) is 16.8 Å². The van der Waals surface area contributed by atoms with Crippen LogP contribution in [0.1, 0.15) is 60.3 Å². The Balaban J connectivity index is 1.79. The van der Waals surface area contributed by atoms with Gasteiger partial charge in [0, 0.05) is 42.8 Å². The summed E-state index contributed by atoms with van der Waals surface area (Å²) in [5.74, 6) is -0.548. The molecule has 3 heterocycles. The Morgan fingerprint density at radius 2 is 2.11 bits per heavy atom. The number of carbonyl (C=O) groups is 1. The first-order chi connectivity index (χ1) is 13.2. The van der Waals surface area contributed by atoms with Crippen molar-refractivity contribution in [1.82, 2.24) is 15.1 Å². The SMILES string of the molecule is Cc1cc(F)cc2c1N(C(C)(C)C)CC[C@@H]2C(=O)n1nc2c(c1N)CNCC2. The highest BCUT2D eigenvalue weighted by atomic mass is 19.1. The van der Waals surface area contributed by atoms with E-state index in [2.05, 4.69) is 36.1 Å². The van der Waals surface area contributed by atoms with Crippen LogP contribution in [0.5, 0.6) is 0 Å². The second-order valence-corrected chi connectivity index (χ2v) is 8.81. The molecule has 0 spiro atoms. The van der Waals surface area contributed by atoms with Crippen LogP contribution in [0.2, 0.25) is 0 Å². The van der Waals surface area contributed by atoms with Gasteiger partial charge in [0.15, 0.2) is 0 Å². The lowest BCUT2D eigenvalue weighted by molar-refractivity contribution is 0.0856. The monoisotopic (exact) mass is 385 g/mol. The van der Waals surface area contributed by atoms with E-state index in [1.54, 1.807) is 0 Å². The van der Waals surface area contributed by atoms with Crippen molar-refractivity contribution in [2.24, 2.45) is 0 Å². The van der Waals surface area contributed by atoms with Crippen LogP contribution in [0.15, 0.2) is 12.1 Å². The number of rotatable bonds is 1. The quantitative estimate of drug-likeness (QED) is 0.789. The highest BCUT2D eigenvalue weighted by molar-refractivity contribution is 5.91. The molecule has 1 aromatic carbocycles. The Hall–Kier alpha value is -2.41. The van der Waals surface area contributed by atoms with Gasteiger partial charge < -0.3 is 16.0 Å². The fourth-order valence-electron chi connectivity index (χ4n) is 4.49. The van der Waals surface area contributed by atoms with Crippen molar-refractivity contribution in [2.75, 3.05) is 23.7 Å². The van der Waals surface area contributed by atoms with Crippen molar-refractivity contribution in [2.45, 2.75) is 58.5 Å². The van der Waals surface area contributed by atoms with Crippen LogP contribution < -0.4 is 16.0 Å². The van der Waals surface area contributed by atoms with Gasteiger partial charge in [0.25, 0.3) is 5.91 Å². The minimum absolute atomic E-state index is 0.124. The number of fused-ring (bicyclic) bond motifs is 2. The number of nitrogens with one attached hydrogen (secondary N) is 1. The van der Waals surface area contributed by atoms with E-state index in [9.17, 15) is 9.18 Å². The Kier molecular flexibility index (Phi) is 4.45. The maximum Gasteiger partial charge on any atom is 0.256 e. The molecule has 2 aliphatic rings. The van der Waals surface area contributed by atoms with Gasteiger partial charge in [0.2, 0.25) is 0 Å². The summed E-state index contributed by atoms with van der Waals surface area (Å²) in [6, 6.07) is 3.04. The molecule has 6 nitrogen and oxygen atoms in total. The van der Waals surface area contributed by atoms with E-state index in [0.717, 1.165) is 47.6 Å². The van der Waals surface area contributed by atoms with Crippen LogP contribution in [0.4, 0.5) is 15.9 Å². The summed E-state index contributed by atoms with van der Waals surface area (Å²) in [5.41, 5.74) is 10.5. The molecule has 1 aromatic heterocycles. The zero-order chi connectivity index (χ0) is 20.2. The number of carbonyl (C=O) groups excluding carboxylic acids is 1. The molecule has 7 heteroatoms. The molecule has 0 saturated heterocycles. The predicted molar refractivity (Wildman–Crippen MR) is 108 cm³/mol. The normalized spacial score (nSPS) is 19.3. The highest BCUT2D eigenvalue weighted by Crippen LogP contribution is 2.42. The minimum Gasteiger partial charge on any atom is -0.383 e. The average Bonchev–Trinajstić information content (AvgIpc) is 2.96. The van der Waals surface area contributed by atoms with Crippen molar-refractivity contribution in [3.63, 3.8) is 0 Å². The third-order valence-electron chi connectivity index (χ3n) is 5.84. The summed E-state index contributed by atoms with van der Waals surface area (Å²) >= 11 is 0. The average molecular weight is 385 g/mol. The molecular formula is C21H28FN5O. The van der Waals surface area contributed by atoms with E-state index >= 15 is 0 Å². The molecule has 0 radical (unpaired) electrons. The van der Waals surface area contributed by atoms with E-state index in [1.807, 2.05) is 6.92 Å². The molecule has 0 aliphatic carbocycles. The summed E-state index contributed by atoms with van der Waals surface area (Å²) in [6.45, 7) is 10.5. The summed E-state index contributed by atoms with van der Waals surface area (Å²) in [4.78, 5) is 15.7. The number of nitrogens with zero attached hydrogens (tertiary/aromatic N) is 3. The number of nitrogen functional groups attached to an aromatic ring is 1. The van der Waals surface area contributed by atoms with Crippen LogP contribution >= 0.6 is 0 Å². The van der Waals surface area contributed by atoms with Gasteiger partial charge >= 0.3 is 0 Å². The van der Waals surface area contributed by atoms with Gasteiger partial charge in [-0.2, -0.15) is 9.78 Å². The Morgan fingerprint density at radius 1 is 1.36 bits per heavy atom. The molecule has 3 N–H and O–H groups in total. The molecular weight excluding hydrogens is 357 g/mol. The summed E-state index contributed by atoms with van der Waals surface area (Å²) in [5, 5.41) is 7.77. The summed E-state index contributed by atoms with van der Waals surface area (Å²) in [6.07, 6.45) is 1.36. The first-order valence-corrected chi connectivity index (χ1v) is 9.87. The van der Waals surface area contributed by atoms with Crippen LogP contribution in [0, 0.1) is 12.7 Å². The minimum atomic E-state index is -0.459. The van der Waals surface area contributed by atoms with Crippen molar-refractivity contribution < 1.29 is 9.18 Å². The lowest BCUT2D eigenvalue weighted by Crippen LogP contribution is -2.46. The number of halogens is 1. The van der Waals surface area contributed by atoms with E-state index < -0.39 is 5.92 Å². The van der Waals surface area contributed by atoms with Crippen molar-refractivity contribution in [3.8, 4) is 0 Å². The van der Waals surface area contributed by atoms with Gasteiger partial charge in [0.05, 0.1) is 11.6 Å². The highest BCUT2D eigenvalue weighted by Gasteiger charge is 2.37. The molecule has 0 saturated carbocycles. The van der Waals surface area contributed by atoms with Crippen molar-refractivity contribution in [1.29, 1.82) is 0 Å². The molecule has 0 fully saturated rings. The maximum atomic E-state index is 14.3. The molecule has 1 atom stereocenters. The van der Waals surface area contributed by atoms with Crippen molar-refractivity contribution in [3.05, 3.63) is 40.3 Å². The van der Waals surface area contributed by atoms with Gasteiger partial charge in [-0.25, -0.2) is 4.39 Å². The number of aryl methyl sites for hydroxylation is 1. The number of hydrogen-bond acceptors (Lipinski definition) is 5. The smallest absolute Gasteiger partial charge is 0.256 e. The van der Waals surface area contributed by atoms with Gasteiger partial charge in [-0.3, -0.25) is 4.79 Å². The molecule has 2 aliphatic heterocycles. The zero-order valence-corrected chi connectivity index (χ0v) is 17.0. The fourth-order valence-corrected chi connectivity index (χ4v) is 4.49. The first-order valence-electron chi connectivity index (χ1n) is 9.87. The standard InChI is InChI=1S/C21H28FN5O/c1-12-9-13(22)10-15-14(6-8-26(18(12)15)21(2,3)4)20(28)27-19(23)16-11-24-7-5-17(16)25-27/h9-10,14,24H,5-8,11,23H2,1-4H3/t14-/m0/s1. The molecule has 28 heavy (non-hydrogen) atoms. The molecule has 4 rings (SSSR count). The topological polar surface area (TPSA) is 76.2 Å². The maximum absolute atomic E-state index is 14.3. The summed E-state index contributed by atoms with van der Waals surface area (Å²) < 4.78 is 15.6. The second-order valence-electron chi connectivity index (χ2n) is 8.81. The molecule has 0 amide bonds. The van der Waals surface area contributed by atoms with E-state index in [0.29, 0.717) is 18.8 Å². The Morgan fingerprint density at radius 3 is 2.79 bits per heavy atom. The Labute approximate surface area is 164 Å².